The van der Waals surface area contributed by atoms with E-state index >= 15 is 0 Å². The molecule has 0 aliphatic heterocycles. The van der Waals surface area contributed by atoms with Crippen LogP contribution in [0.3, 0.4) is 0 Å². The molecule has 27 heavy (non-hydrogen) atoms. The number of aldehydes is 1. The molecule has 4 aliphatic rings. The Kier molecular flexibility index (Phi) is 4.36. The van der Waals surface area contributed by atoms with Crippen molar-refractivity contribution in [3.05, 3.63) is 11.6 Å². The monoisotopic (exact) mass is 375 g/mol. The van der Waals surface area contributed by atoms with Crippen LogP contribution < -0.4 is 5.11 Å². The molecule has 3 saturated carbocycles. The number of carboxylic acid groups (broad SMARTS) is 1. The summed E-state index contributed by atoms with van der Waals surface area (Å²) in [6.45, 7) is 6.63. The van der Waals surface area contributed by atoms with E-state index in [0.29, 0.717) is 18.3 Å². The molecule has 4 bridgehead atoms. The summed E-state index contributed by atoms with van der Waals surface area (Å²) in [4.78, 5) is 25.7. The minimum Gasteiger partial charge on any atom is -0.549 e. The van der Waals surface area contributed by atoms with Crippen LogP contribution in [0, 0.1) is 45.8 Å². The molecule has 0 aromatic carbocycles. The average molecular weight is 375 g/mol. The van der Waals surface area contributed by atoms with Crippen LogP contribution in [0.25, 0.3) is 0 Å². The predicted molar refractivity (Wildman–Crippen MR) is 97.3 cm³/mol. The molecule has 5 nitrogen and oxygen atoms in total. The lowest BCUT2D eigenvalue weighted by atomic mass is 9.43. The van der Waals surface area contributed by atoms with E-state index < -0.39 is 22.2 Å². The first kappa shape index (κ1) is 19.1. The van der Waals surface area contributed by atoms with E-state index in [2.05, 4.69) is 13.0 Å². The van der Waals surface area contributed by atoms with Gasteiger partial charge in [-0.1, -0.05) is 38.8 Å². The molecule has 0 radical (unpaired) electrons. The van der Waals surface area contributed by atoms with Crippen LogP contribution >= 0.6 is 0 Å². The summed E-state index contributed by atoms with van der Waals surface area (Å²) in [6.07, 6.45) is 6.46. The smallest absolute Gasteiger partial charge is 0.127 e. The fourth-order valence-corrected chi connectivity index (χ4v) is 7.93. The molecular weight excluding hydrogens is 344 g/mol. The molecule has 0 amide bonds. The van der Waals surface area contributed by atoms with Crippen molar-refractivity contribution in [3.63, 3.8) is 0 Å². The van der Waals surface area contributed by atoms with Crippen LogP contribution in [0.2, 0.25) is 0 Å². The Hall–Kier alpha value is -1.20. The number of ether oxygens (including phenoxy) is 1. The lowest BCUT2D eigenvalue weighted by molar-refractivity contribution is -0.332. The molecule has 150 valence electrons. The van der Waals surface area contributed by atoms with Crippen LogP contribution in [-0.2, 0) is 14.3 Å². The third-order valence-electron chi connectivity index (χ3n) is 8.70. The van der Waals surface area contributed by atoms with E-state index in [1.807, 2.05) is 13.8 Å². The highest BCUT2D eigenvalue weighted by molar-refractivity contribution is 5.89. The van der Waals surface area contributed by atoms with Gasteiger partial charge in [0.15, 0.2) is 0 Å². The maximum atomic E-state index is 13.0. The van der Waals surface area contributed by atoms with Crippen molar-refractivity contribution in [2.24, 2.45) is 45.8 Å². The van der Waals surface area contributed by atoms with E-state index in [9.17, 15) is 19.8 Å². The Morgan fingerprint density at radius 3 is 2.74 bits per heavy atom. The molecule has 4 rings (SSSR count). The first-order valence-corrected chi connectivity index (χ1v) is 10.4. The Balaban J connectivity index is 1.94. The quantitative estimate of drug-likeness (QED) is 0.415. The zero-order chi connectivity index (χ0) is 19.6. The van der Waals surface area contributed by atoms with E-state index in [1.54, 1.807) is 0 Å². The van der Waals surface area contributed by atoms with Crippen molar-refractivity contribution in [1.29, 1.82) is 0 Å². The molecule has 7 atom stereocenters. The topological polar surface area (TPSA) is 86.7 Å². The van der Waals surface area contributed by atoms with Crippen molar-refractivity contribution >= 4 is 12.3 Å². The summed E-state index contributed by atoms with van der Waals surface area (Å²) in [6, 6.07) is 0. The van der Waals surface area contributed by atoms with Gasteiger partial charge in [0.25, 0.3) is 0 Å². The van der Waals surface area contributed by atoms with Crippen LogP contribution in [0.1, 0.15) is 46.5 Å². The summed E-state index contributed by atoms with van der Waals surface area (Å²) in [7, 11) is 0. The number of fused-ring (bicyclic) bond motifs is 2. The van der Waals surface area contributed by atoms with Crippen LogP contribution in [0.5, 0.6) is 0 Å². The average Bonchev–Trinajstić information content (AvgIpc) is 3.19. The molecule has 5 heteroatoms. The van der Waals surface area contributed by atoms with Gasteiger partial charge in [0.1, 0.15) is 6.29 Å². The van der Waals surface area contributed by atoms with Crippen molar-refractivity contribution in [2.45, 2.75) is 46.5 Å². The number of aliphatic hydroxyl groups excluding tert-OH is 1. The van der Waals surface area contributed by atoms with Gasteiger partial charge in [0.2, 0.25) is 0 Å². The third-order valence-corrected chi connectivity index (χ3v) is 8.70. The number of carbonyl (C=O) groups is 2. The molecule has 0 heterocycles. The van der Waals surface area contributed by atoms with E-state index in [-0.39, 0.29) is 37.6 Å². The van der Waals surface area contributed by atoms with Gasteiger partial charge in [-0.25, -0.2) is 0 Å². The van der Waals surface area contributed by atoms with E-state index in [1.165, 1.54) is 0 Å². The van der Waals surface area contributed by atoms with Crippen molar-refractivity contribution in [1.82, 2.24) is 0 Å². The van der Waals surface area contributed by atoms with Crippen molar-refractivity contribution in [2.75, 3.05) is 19.8 Å². The Morgan fingerprint density at radius 2 is 2.15 bits per heavy atom. The Labute approximate surface area is 161 Å². The minimum atomic E-state index is -1.28. The van der Waals surface area contributed by atoms with Gasteiger partial charge < -0.3 is 24.5 Å². The number of aliphatic hydroxyl groups is 1. The second-order valence-corrected chi connectivity index (χ2v) is 9.74. The summed E-state index contributed by atoms with van der Waals surface area (Å²) in [5.41, 5.74) is -1.93. The molecule has 0 aromatic rings. The molecule has 0 spiro atoms. The lowest BCUT2D eigenvalue weighted by Crippen LogP contribution is -2.66. The Morgan fingerprint density at radius 1 is 1.41 bits per heavy atom. The summed E-state index contributed by atoms with van der Waals surface area (Å²) < 4.78 is 5.81. The number of allylic oxidation sites excluding steroid dienone is 1. The normalized spacial score (nSPS) is 47.2. The number of rotatable bonds is 7. The first-order chi connectivity index (χ1) is 12.8. The number of carboxylic acids is 1. The number of hydrogen-bond donors (Lipinski definition) is 1. The maximum Gasteiger partial charge on any atom is 0.127 e. The fraction of sp³-hybridized carbons (Fsp3) is 0.818. The summed E-state index contributed by atoms with van der Waals surface area (Å²) in [5, 5.41) is 22.2. The zero-order valence-electron chi connectivity index (χ0n) is 16.6. The van der Waals surface area contributed by atoms with Gasteiger partial charge >= 0.3 is 0 Å². The van der Waals surface area contributed by atoms with Crippen LogP contribution in [0.15, 0.2) is 11.6 Å². The fourth-order valence-electron chi connectivity index (χ4n) is 7.93. The largest absolute Gasteiger partial charge is 0.549 e. The maximum absolute atomic E-state index is 13.0. The van der Waals surface area contributed by atoms with Gasteiger partial charge in [-0.3, -0.25) is 0 Å². The SMILES string of the molecule is CC(C)C1=CC2CC3(C=O)C4CCC(C)C4CC2(COCCO)C13C(=O)[O-]. The molecule has 7 unspecified atom stereocenters. The number of carbonyl (C=O) groups excluding carboxylic acids is 2. The van der Waals surface area contributed by atoms with E-state index in [4.69, 9.17) is 4.74 Å². The highest BCUT2D eigenvalue weighted by Gasteiger charge is 2.81. The van der Waals surface area contributed by atoms with Gasteiger partial charge in [-0.05, 0) is 48.9 Å². The second-order valence-electron chi connectivity index (χ2n) is 9.74. The van der Waals surface area contributed by atoms with Gasteiger partial charge in [-0.2, -0.15) is 0 Å². The first-order valence-electron chi connectivity index (χ1n) is 10.4. The van der Waals surface area contributed by atoms with Crippen LogP contribution in [-0.4, -0.2) is 37.2 Å². The molecule has 1 N–H and O–H groups in total. The van der Waals surface area contributed by atoms with Gasteiger partial charge in [0.05, 0.1) is 31.2 Å². The van der Waals surface area contributed by atoms with Gasteiger partial charge in [0, 0.05) is 10.8 Å². The molecule has 0 aromatic heterocycles. The predicted octanol–water partition coefficient (Wildman–Crippen LogP) is 1.59. The zero-order valence-corrected chi connectivity index (χ0v) is 16.6. The third kappa shape index (κ3) is 1.97. The van der Waals surface area contributed by atoms with Crippen molar-refractivity contribution < 1.29 is 24.5 Å². The molecular formula is C22H31O5-. The van der Waals surface area contributed by atoms with Crippen LogP contribution in [0.4, 0.5) is 0 Å². The Bertz CT molecular complexity index is 684. The molecule has 0 saturated heterocycles. The summed E-state index contributed by atoms with van der Waals surface area (Å²) >= 11 is 0. The highest BCUT2D eigenvalue weighted by atomic mass is 16.5. The lowest BCUT2D eigenvalue weighted by Gasteiger charge is -2.61. The minimum absolute atomic E-state index is 0.0227. The number of hydrogen-bond acceptors (Lipinski definition) is 5. The standard InChI is InChI=1S/C22H32O5/c1-13(2)18-8-15-9-20(11-24)17-5-4-14(3)16(17)10-21(15,12-27-7-6-23)22(18,20)19(25)26/h8,11,13-17,23H,4-7,9-10,12H2,1-3H3,(H,25,26)/p-1. The molecule has 4 aliphatic carbocycles. The second kappa shape index (κ2) is 6.15. The van der Waals surface area contributed by atoms with Gasteiger partial charge in [-0.15, -0.1) is 0 Å². The van der Waals surface area contributed by atoms with Crippen molar-refractivity contribution in [3.8, 4) is 0 Å². The number of aliphatic carboxylic acids is 1. The highest BCUT2D eigenvalue weighted by Crippen LogP contribution is 2.82. The summed E-state index contributed by atoms with van der Waals surface area (Å²) in [5.74, 6) is -0.0768. The van der Waals surface area contributed by atoms with E-state index in [0.717, 1.165) is 31.1 Å². The molecule has 3 fully saturated rings.